The topological polar surface area (TPSA) is 25.8 Å². The summed E-state index contributed by atoms with van der Waals surface area (Å²) in [6.45, 7) is 0. The minimum absolute atomic E-state index is 0.971. The van der Waals surface area contributed by atoms with Gasteiger partial charge in [0.2, 0.25) is 0 Å². The molecule has 0 radical (unpaired) electrons. The third kappa shape index (κ3) is 2.44. The van der Waals surface area contributed by atoms with Crippen LogP contribution in [0.15, 0.2) is 97.2 Å². The second-order valence-corrected chi connectivity index (χ2v) is 6.32. The molecule has 5 rings (SSSR count). The van der Waals surface area contributed by atoms with Crippen molar-refractivity contribution in [2.75, 3.05) is 0 Å². The third-order valence-electron chi connectivity index (χ3n) is 4.70. The summed E-state index contributed by atoms with van der Waals surface area (Å²) in [6.07, 6.45) is 1.82. The molecule has 2 heteroatoms. The van der Waals surface area contributed by atoms with Gasteiger partial charge in [-0.15, -0.1) is 0 Å². The quantitative estimate of drug-likeness (QED) is 0.364. The number of hydrogen-bond donors (Lipinski definition) is 0. The van der Waals surface area contributed by atoms with Crippen molar-refractivity contribution in [3.05, 3.63) is 97.2 Å². The molecule has 0 fully saturated rings. The van der Waals surface area contributed by atoms with Crippen LogP contribution in [0.5, 0.6) is 0 Å². The van der Waals surface area contributed by atoms with Crippen LogP contribution in [-0.4, -0.2) is 9.97 Å². The van der Waals surface area contributed by atoms with Crippen LogP contribution in [0.1, 0.15) is 0 Å². The molecule has 2 aromatic heterocycles. The molecule has 122 valence electrons. The summed E-state index contributed by atoms with van der Waals surface area (Å²) in [5.41, 5.74) is 6.41. The van der Waals surface area contributed by atoms with E-state index >= 15 is 0 Å². The van der Waals surface area contributed by atoms with Gasteiger partial charge >= 0.3 is 0 Å². The fourth-order valence-electron chi connectivity index (χ4n) is 3.44. The second-order valence-electron chi connectivity index (χ2n) is 6.32. The Morgan fingerprint density at radius 1 is 0.615 bits per heavy atom. The number of pyridine rings is 2. The standard InChI is InChI=1S/C24H16N2/c1-3-8-17(9-4-1)21-16-19-13-14-22-20(12-7-15-25-22)24(19)26-23(21)18-10-5-2-6-11-18/h1-16H. The molecule has 2 heterocycles. The normalized spacial score (nSPS) is 11.1. The molecule has 0 unspecified atom stereocenters. The number of nitrogens with zero attached hydrogens (tertiary/aromatic N) is 2. The smallest absolute Gasteiger partial charge is 0.0804 e. The summed E-state index contributed by atoms with van der Waals surface area (Å²) in [7, 11) is 0. The maximum absolute atomic E-state index is 5.11. The van der Waals surface area contributed by atoms with Crippen molar-refractivity contribution in [2.24, 2.45) is 0 Å². The molecule has 0 aliphatic heterocycles. The first-order chi connectivity index (χ1) is 12.9. The van der Waals surface area contributed by atoms with Gasteiger partial charge in [0, 0.05) is 28.1 Å². The molecular formula is C24H16N2. The van der Waals surface area contributed by atoms with Crippen molar-refractivity contribution >= 4 is 21.8 Å². The first-order valence-corrected chi connectivity index (χ1v) is 8.69. The van der Waals surface area contributed by atoms with Gasteiger partial charge in [0.25, 0.3) is 0 Å². The molecule has 0 aliphatic carbocycles. The Labute approximate surface area is 151 Å². The maximum atomic E-state index is 5.11. The van der Waals surface area contributed by atoms with E-state index in [9.17, 15) is 0 Å². The summed E-state index contributed by atoms with van der Waals surface area (Å²) in [6, 6.07) is 31.3. The third-order valence-corrected chi connectivity index (χ3v) is 4.70. The zero-order valence-electron chi connectivity index (χ0n) is 14.1. The lowest BCUT2D eigenvalue weighted by Crippen LogP contribution is -1.92. The Bertz CT molecular complexity index is 1210. The lowest BCUT2D eigenvalue weighted by atomic mass is 9.96. The largest absolute Gasteiger partial charge is 0.256 e. The number of benzene rings is 3. The first-order valence-electron chi connectivity index (χ1n) is 8.69. The van der Waals surface area contributed by atoms with Crippen molar-refractivity contribution in [1.82, 2.24) is 9.97 Å². The van der Waals surface area contributed by atoms with Crippen LogP contribution < -0.4 is 0 Å². The van der Waals surface area contributed by atoms with Gasteiger partial charge in [-0.25, -0.2) is 4.98 Å². The number of rotatable bonds is 2. The molecule has 26 heavy (non-hydrogen) atoms. The summed E-state index contributed by atoms with van der Waals surface area (Å²) >= 11 is 0. The second kappa shape index (κ2) is 6.08. The monoisotopic (exact) mass is 332 g/mol. The van der Waals surface area contributed by atoms with Crippen molar-refractivity contribution in [3.63, 3.8) is 0 Å². The molecule has 0 N–H and O–H groups in total. The van der Waals surface area contributed by atoms with E-state index in [0.29, 0.717) is 0 Å². The van der Waals surface area contributed by atoms with E-state index in [1.807, 2.05) is 24.4 Å². The van der Waals surface area contributed by atoms with Crippen LogP contribution in [0, 0.1) is 0 Å². The average molecular weight is 332 g/mol. The Morgan fingerprint density at radius 2 is 1.35 bits per heavy atom. The highest BCUT2D eigenvalue weighted by atomic mass is 14.7. The zero-order chi connectivity index (χ0) is 17.3. The Balaban J connectivity index is 1.90. The summed E-state index contributed by atoms with van der Waals surface area (Å²) in [5.74, 6) is 0. The van der Waals surface area contributed by atoms with Crippen molar-refractivity contribution in [2.45, 2.75) is 0 Å². The van der Waals surface area contributed by atoms with E-state index in [1.165, 1.54) is 5.56 Å². The van der Waals surface area contributed by atoms with E-state index in [0.717, 1.165) is 38.6 Å². The molecule has 0 aliphatic rings. The van der Waals surface area contributed by atoms with Crippen molar-refractivity contribution in [1.29, 1.82) is 0 Å². The van der Waals surface area contributed by atoms with E-state index in [4.69, 9.17) is 4.98 Å². The fraction of sp³-hybridized carbons (Fsp3) is 0. The predicted molar refractivity (Wildman–Crippen MR) is 108 cm³/mol. The van der Waals surface area contributed by atoms with Gasteiger partial charge in [0.1, 0.15) is 0 Å². The number of hydrogen-bond acceptors (Lipinski definition) is 2. The van der Waals surface area contributed by atoms with Crippen LogP contribution in [0.3, 0.4) is 0 Å². The summed E-state index contributed by atoms with van der Waals surface area (Å²) < 4.78 is 0. The van der Waals surface area contributed by atoms with Crippen molar-refractivity contribution < 1.29 is 0 Å². The molecule has 0 atom stereocenters. The molecule has 0 amide bonds. The van der Waals surface area contributed by atoms with E-state index < -0.39 is 0 Å². The highest BCUT2D eigenvalue weighted by molar-refractivity contribution is 6.06. The maximum Gasteiger partial charge on any atom is 0.0804 e. The van der Waals surface area contributed by atoms with E-state index in [2.05, 4.69) is 77.8 Å². The fourth-order valence-corrected chi connectivity index (χ4v) is 3.44. The van der Waals surface area contributed by atoms with Crippen LogP contribution in [0.2, 0.25) is 0 Å². The summed E-state index contributed by atoms with van der Waals surface area (Å²) in [5, 5.41) is 2.21. The van der Waals surface area contributed by atoms with Gasteiger partial charge in [-0.05, 0) is 29.8 Å². The van der Waals surface area contributed by atoms with Crippen LogP contribution in [0.4, 0.5) is 0 Å². The average Bonchev–Trinajstić information content (AvgIpc) is 2.74. The minimum atomic E-state index is 0.971. The molecule has 2 nitrogen and oxygen atoms in total. The molecule has 0 saturated heterocycles. The minimum Gasteiger partial charge on any atom is -0.256 e. The lowest BCUT2D eigenvalue weighted by molar-refractivity contribution is 1.38. The number of fused-ring (bicyclic) bond motifs is 3. The first kappa shape index (κ1) is 14.8. The Morgan fingerprint density at radius 3 is 2.12 bits per heavy atom. The van der Waals surface area contributed by atoms with Crippen LogP contribution >= 0.6 is 0 Å². The SMILES string of the molecule is c1ccc(-c2cc3ccc4ncccc4c3nc2-c2ccccc2)cc1. The van der Waals surface area contributed by atoms with Gasteiger partial charge in [0.05, 0.1) is 16.7 Å². The predicted octanol–water partition coefficient (Wildman–Crippen LogP) is 6.12. The van der Waals surface area contributed by atoms with Crippen LogP contribution in [-0.2, 0) is 0 Å². The lowest BCUT2D eigenvalue weighted by Gasteiger charge is -2.12. The molecule has 3 aromatic carbocycles. The molecule has 0 bridgehead atoms. The molecular weight excluding hydrogens is 316 g/mol. The van der Waals surface area contributed by atoms with Gasteiger partial charge in [-0.1, -0.05) is 66.7 Å². The molecule has 0 saturated carbocycles. The van der Waals surface area contributed by atoms with Crippen molar-refractivity contribution in [3.8, 4) is 22.4 Å². The van der Waals surface area contributed by atoms with Gasteiger partial charge < -0.3 is 0 Å². The number of aromatic nitrogens is 2. The summed E-state index contributed by atoms with van der Waals surface area (Å²) in [4.78, 5) is 9.58. The molecule has 0 spiro atoms. The molecule has 5 aromatic rings. The van der Waals surface area contributed by atoms with Crippen LogP contribution in [0.25, 0.3) is 44.2 Å². The Hall–Kier alpha value is -3.52. The highest BCUT2D eigenvalue weighted by Gasteiger charge is 2.12. The van der Waals surface area contributed by atoms with Gasteiger partial charge in [0.15, 0.2) is 0 Å². The Kier molecular flexibility index (Phi) is 3.46. The van der Waals surface area contributed by atoms with E-state index in [-0.39, 0.29) is 0 Å². The zero-order valence-corrected chi connectivity index (χ0v) is 14.1. The highest BCUT2D eigenvalue weighted by Crippen LogP contribution is 2.35. The van der Waals surface area contributed by atoms with E-state index in [1.54, 1.807) is 0 Å². The van der Waals surface area contributed by atoms with Gasteiger partial charge in [-0.3, -0.25) is 4.98 Å². The van der Waals surface area contributed by atoms with Gasteiger partial charge in [-0.2, -0.15) is 0 Å².